The first kappa shape index (κ1) is 15.8. The van der Waals surface area contributed by atoms with Crippen molar-refractivity contribution >= 4 is 17.5 Å². The monoisotopic (exact) mass is 297 g/mol. The zero-order valence-electron chi connectivity index (χ0n) is 10.1. The maximum absolute atomic E-state index is 12.9. The van der Waals surface area contributed by atoms with Gasteiger partial charge in [0.05, 0.1) is 0 Å². The molecule has 0 aliphatic heterocycles. The van der Waals surface area contributed by atoms with Crippen LogP contribution in [0.3, 0.4) is 0 Å². The van der Waals surface area contributed by atoms with Crippen LogP contribution in [0.4, 0.5) is 17.6 Å². The lowest BCUT2D eigenvalue weighted by Crippen LogP contribution is -2.40. The molecule has 19 heavy (non-hydrogen) atoms. The Morgan fingerprint density at radius 1 is 1.37 bits per heavy atom. The van der Waals surface area contributed by atoms with E-state index in [9.17, 15) is 22.4 Å². The molecule has 0 radical (unpaired) electrons. The van der Waals surface area contributed by atoms with Gasteiger partial charge in [0.2, 0.25) is 0 Å². The smallest absolute Gasteiger partial charge is 0.328 e. The van der Waals surface area contributed by atoms with Gasteiger partial charge in [-0.15, -0.1) is 11.6 Å². The fourth-order valence-electron chi connectivity index (χ4n) is 1.61. The van der Waals surface area contributed by atoms with Crippen LogP contribution in [0.25, 0.3) is 0 Å². The minimum absolute atomic E-state index is 0.0377. The standard InChI is InChI=1S/C12H12ClF4NO/c1-8-6-9(14)2-3-10(8)11(19)18(5-4-13)7-12(15,16)17/h2-3,6H,4-5,7H2,1H3. The van der Waals surface area contributed by atoms with E-state index in [1.807, 2.05) is 0 Å². The Bertz CT molecular complexity index is 462. The van der Waals surface area contributed by atoms with Gasteiger partial charge in [-0.2, -0.15) is 13.2 Å². The van der Waals surface area contributed by atoms with E-state index in [1.165, 1.54) is 13.0 Å². The highest BCUT2D eigenvalue weighted by Gasteiger charge is 2.33. The third-order valence-corrected chi connectivity index (χ3v) is 2.60. The molecule has 0 saturated carbocycles. The zero-order chi connectivity index (χ0) is 14.6. The van der Waals surface area contributed by atoms with Crippen LogP contribution in [-0.2, 0) is 0 Å². The summed E-state index contributed by atoms with van der Waals surface area (Å²) >= 11 is 5.40. The van der Waals surface area contributed by atoms with Gasteiger partial charge in [0.15, 0.2) is 0 Å². The molecule has 1 amide bonds. The molecule has 1 aromatic rings. The highest BCUT2D eigenvalue weighted by Crippen LogP contribution is 2.19. The minimum Gasteiger partial charge on any atom is -0.328 e. The molecule has 0 heterocycles. The predicted molar refractivity (Wildman–Crippen MR) is 63.8 cm³/mol. The number of carbonyl (C=O) groups excluding carboxylic acids is 1. The molecule has 0 atom stereocenters. The fourth-order valence-corrected chi connectivity index (χ4v) is 1.81. The van der Waals surface area contributed by atoms with Crippen molar-refractivity contribution in [2.45, 2.75) is 13.1 Å². The maximum atomic E-state index is 12.9. The Kier molecular flexibility index (Phi) is 5.17. The van der Waals surface area contributed by atoms with Crippen LogP contribution in [-0.4, -0.2) is 36.0 Å². The van der Waals surface area contributed by atoms with E-state index in [0.29, 0.717) is 4.90 Å². The molecule has 0 fully saturated rings. The van der Waals surface area contributed by atoms with Crippen molar-refractivity contribution in [2.24, 2.45) is 0 Å². The summed E-state index contributed by atoms with van der Waals surface area (Å²) in [6.07, 6.45) is -4.50. The third-order valence-electron chi connectivity index (χ3n) is 2.43. The van der Waals surface area contributed by atoms with Gasteiger partial charge >= 0.3 is 6.18 Å². The Morgan fingerprint density at radius 2 is 2.00 bits per heavy atom. The zero-order valence-corrected chi connectivity index (χ0v) is 10.9. The lowest BCUT2D eigenvalue weighted by molar-refractivity contribution is -0.140. The van der Waals surface area contributed by atoms with Crippen LogP contribution in [0.2, 0.25) is 0 Å². The van der Waals surface area contributed by atoms with Crippen LogP contribution < -0.4 is 0 Å². The van der Waals surface area contributed by atoms with E-state index in [1.54, 1.807) is 0 Å². The molecule has 0 N–H and O–H groups in total. The van der Waals surface area contributed by atoms with E-state index in [0.717, 1.165) is 12.1 Å². The molecule has 2 nitrogen and oxygen atoms in total. The fraction of sp³-hybridized carbons (Fsp3) is 0.417. The quantitative estimate of drug-likeness (QED) is 0.616. The second-order valence-electron chi connectivity index (χ2n) is 3.99. The van der Waals surface area contributed by atoms with Gasteiger partial charge in [-0.1, -0.05) is 0 Å². The molecular weight excluding hydrogens is 286 g/mol. The number of hydrogen-bond acceptors (Lipinski definition) is 1. The van der Waals surface area contributed by atoms with Crippen LogP contribution in [0.1, 0.15) is 15.9 Å². The average molecular weight is 298 g/mol. The molecule has 0 aliphatic carbocycles. The molecule has 0 saturated heterocycles. The first-order chi connectivity index (χ1) is 8.74. The summed E-state index contributed by atoms with van der Waals surface area (Å²) in [4.78, 5) is 12.6. The molecule has 106 valence electrons. The maximum Gasteiger partial charge on any atom is 0.406 e. The summed E-state index contributed by atoms with van der Waals surface area (Å²) in [5.74, 6) is -1.47. The topological polar surface area (TPSA) is 20.3 Å². The normalized spacial score (nSPS) is 11.5. The van der Waals surface area contributed by atoms with Gasteiger partial charge in [-0.25, -0.2) is 4.39 Å². The Morgan fingerprint density at radius 3 is 2.47 bits per heavy atom. The Balaban J connectivity index is 2.99. The summed E-state index contributed by atoms with van der Waals surface area (Å²) in [6.45, 7) is -0.144. The largest absolute Gasteiger partial charge is 0.406 e. The molecule has 0 aliphatic rings. The number of amides is 1. The van der Waals surface area contributed by atoms with Crippen molar-refractivity contribution in [3.8, 4) is 0 Å². The molecule has 0 unspecified atom stereocenters. The van der Waals surface area contributed by atoms with Crippen molar-refractivity contribution < 1.29 is 22.4 Å². The molecule has 1 aromatic carbocycles. The highest BCUT2D eigenvalue weighted by atomic mass is 35.5. The second-order valence-corrected chi connectivity index (χ2v) is 4.37. The number of hydrogen-bond donors (Lipinski definition) is 0. The predicted octanol–water partition coefficient (Wildman–Crippen LogP) is 3.38. The van der Waals surface area contributed by atoms with E-state index in [2.05, 4.69) is 0 Å². The number of nitrogens with zero attached hydrogens (tertiary/aromatic N) is 1. The highest BCUT2D eigenvalue weighted by molar-refractivity contribution is 6.18. The molecule has 0 aromatic heterocycles. The van der Waals surface area contributed by atoms with E-state index in [-0.39, 0.29) is 23.6 Å². The number of aryl methyl sites for hydroxylation is 1. The van der Waals surface area contributed by atoms with Gasteiger partial charge in [0.1, 0.15) is 12.4 Å². The van der Waals surface area contributed by atoms with Crippen molar-refractivity contribution in [3.05, 3.63) is 35.1 Å². The second kappa shape index (κ2) is 6.23. The molecular formula is C12H12ClF4NO. The van der Waals surface area contributed by atoms with Crippen molar-refractivity contribution in [1.82, 2.24) is 4.90 Å². The number of halogens is 5. The summed E-state index contributed by atoms with van der Waals surface area (Å²) in [7, 11) is 0. The van der Waals surface area contributed by atoms with E-state index >= 15 is 0 Å². The average Bonchev–Trinajstić information content (AvgIpc) is 2.26. The summed E-state index contributed by atoms with van der Waals surface area (Å²) in [5.41, 5.74) is 0.322. The van der Waals surface area contributed by atoms with Crippen LogP contribution >= 0.6 is 11.6 Å². The van der Waals surface area contributed by atoms with Gasteiger partial charge in [0, 0.05) is 18.0 Å². The van der Waals surface area contributed by atoms with Crippen LogP contribution in [0.5, 0.6) is 0 Å². The van der Waals surface area contributed by atoms with Crippen molar-refractivity contribution in [2.75, 3.05) is 19.0 Å². The number of carbonyl (C=O) groups is 1. The number of rotatable bonds is 4. The van der Waals surface area contributed by atoms with Crippen LogP contribution in [0.15, 0.2) is 18.2 Å². The van der Waals surface area contributed by atoms with Crippen molar-refractivity contribution in [1.29, 1.82) is 0 Å². The Labute approximate surface area is 113 Å². The van der Waals surface area contributed by atoms with Gasteiger partial charge in [0.25, 0.3) is 5.91 Å². The first-order valence-corrected chi connectivity index (χ1v) is 5.96. The van der Waals surface area contributed by atoms with E-state index in [4.69, 9.17) is 11.6 Å². The van der Waals surface area contributed by atoms with E-state index < -0.39 is 24.4 Å². The molecule has 0 spiro atoms. The summed E-state index contributed by atoms with van der Waals surface area (Å²) < 4.78 is 50.0. The molecule has 7 heteroatoms. The van der Waals surface area contributed by atoms with Crippen LogP contribution in [0, 0.1) is 12.7 Å². The number of alkyl halides is 4. The lowest BCUT2D eigenvalue weighted by atomic mass is 10.1. The third kappa shape index (κ3) is 4.70. The first-order valence-electron chi connectivity index (χ1n) is 5.42. The van der Waals surface area contributed by atoms with Crippen molar-refractivity contribution in [3.63, 3.8) is 0 Å². The molecule has 0 bridgehead atoms. The minimum atomic E-state index is -4.50. The summed E-state index contributed by atoms with van der Waals surface area (Å²) in [5, 5.41) is 0. The van der Waals surface area contributed by atoms with Gasteiger partial charge in [-0.05, 0) is 30.7 Å². The Hall–Kier alpha value is -1.30. The molecule has 1 rings (SSSR count). The van der Waals surface area contributed by atoms with Gasteiger partial charge in [-0.3, -0.25) is 4.79 Å². The number of benzene rings is 1. The lowest BCUT2D eigenvalue weighted by Gasteiger charge is -2.23. The SMILES string of the molecule is Cc1cc(F)ccc1C(=O)N(CCCl)CC(F)(F)F. The summed E-state index contributed by atoms with van der Waals surface area (Å²) in [6, 6.07) is 3.30. The van der Waals surface area contributed by atoms with Gasteiger partial charge < -0.3 is 4.90 Å².